The van der Waals surface area contributed by atoms with Gasteiger partial charge >= 0.3 is 0 Å². The smallest absolute Gasteiger partial charge is 0.119 e. The van der Waals surface area contributed by atoms with Gasteiger partial charge in [-0.25, -0.2) is 0 Å². The number of rotatable bonds is 8. The van der Waals surface area contributed by atoms with E-state index in [-0.39, 0.29) is 6.10 Å². The Balaban J connectivity index is 2.30. The zero-order valence-electron chi connectivity index (χ0n) is 10.7. The summed E-state index contributed by atoms with van der Waals surface area (Å²) < 4.78 is 10.8. The molecule has 0 saturated heterocycles. The van der Waals surface area contributed by atoms with Gasteiger partial charge in [0.15, 0.2) is 0 Å². The molecule has 0 amide bonds. The molecule has 0 aliphatic rings. The zero-order chi connectivity index (χ0) is 12.5. The van der Waals surface area contributed by atoms with Crippen molar-refractivity contribution in [2.45, 2.75) is 32.8 Å². The maximum absolute atomic E-state index is 9.63. The molecule has 1 N–H and O–H groups in total. The SMILES string of the molecule is CCCOCCOc1ccc(C(O)CC)cc1. The first-order valence-electron chi connectivity index (χ1n) is 6.26. The second-order valence-electron chi connectivity index (χ2n) is 3.95. The minimum Gasteiger partial charge on any atom is -0.491 e. The van der Waals surface area contributed by atoms with E-state index < -0.39 is 0 Å². The lowest BCUT2D eigenvalue weighted by atomic mass is 10.1. The van der Waals surface area contributed by atoms with Crippen LogP contribution in [0.15, 0.2) is 24.3 Å². The number of aliphatic hydroxyl groups excluding tert-OH is 1. The Hall–Kier alpha value is -1.06. The van der Waals surface area contributed by atoms with Gasteiger partial charge in [0, 0.05) is 6.61 Å². The minimum atomic E-state index is -0.378. The van der Waals surface area contributed by atoms with Gasteiger partial charge in [0.2, 0.25) is 0 Å². The second-order valence-corrected chi connectivity index (χ2v) is 3.95. The topological polar surface area (TPSA) is 38.7 Å². The summed E-state index contributed by atoms with van der Waals surface area (Å²) in [5, 5.41) is 9.63. The first kappa shape index (κ1) is 14.0. The quantitative estimate of drug-likeness (QED) is 0.708. The molecule has 3 nitrogen and oxygen atoms in total. The monoisotopic (exact) mass is 238 g/mol. The van der Waals surface area contributed by atoms with Gasteiger partial charge in [-0.2, -0.15) is 0 Å². The van der Waals surface area contributed by atoms with Crippen molar-refractivity contribution >= 4 is 0 Å². The van der Waals surface area contributed by atoms with Gasteiger partial charge in [0.1, 0.15) is 12.4 Å². The number of hydrogen-bond acceptors (Lipinski definition) is 3. The molecule has 1 rings (SSSR count). The fraction of sp³-hybridized carbons (Fsp3) is 0.571. The predicted octanol–water partition coefficient (Wildman–Crippen LogP) is 2.94. The van der Waals surface area contributed by atoms with E-state index in [1.807, 2.05) is 31.2 Å². The van der Waals surface area contributed by atoms with Gasteiger partial charge in [0.25, 0.3) is 0 Å². The van der Waals surface area contributed by atoms with Crippen LogP contribution in [-0.4, -0.2) is 24.9 Å². The van der Waals surface area contributed by atoms with Gasteiger partial charge in [-0.05, 0) is 30.5 Å². The van der Waals surface area contributed by atoms with Crippen molar-refractivity contribution in [2.24, 2.45) is 0 Å². The van der Waals surface area contributed by atoms with E-state index >= 15 is 0 Å². The summed E-state index contributed by atoms with van der Waals surface area (Å²) >= 11 is 0. The summed E-state index contributed by atoms with van der Waals surface area (Å²) in [5.74, 6) is 0.817. The molecular formula is C14H22O3. The molecule has 0 aromatic heterocycles. The van der Waals surface area contributed by atoms with E-state index in [0.717, 1.165) is 30.8 Å². The molecule has 1 unspecified atom stereocenters. The molecule has 3 heteroatoms. The lowest BCUT2D eigenvalue weighted by Gasteiger charge is -2.10. The average Bonchev–Trinajstić information content (AvgIpc) is 2.38. The van der Waals surface area contributed by atoms with E-state index in [1.54, 1.807) is 0 Å². The van der Waals surface area contributed by atoms with Crippen LogP contribution in [0.5, 0.6) is 5.75 Å². The third-order valence-electron chi connectivity index (χ3n) is 2.50. The van der Waals surface area contributed by atoms with E-state index in [9.17, 15) is 5.11 Å². The molecule has 0 aliphatic heterocycles. The van der Waals surface area contributed by atoms with Gasteiger partial charge in [-0.15, -0.1) is 0 Å². The Bertz CT molecular complexity index is 295. The Labute approximate surface area is 103 Å². The van der Waals surface area contributed by atoms with Crippen molar-refractivity contribution in [3.63, 3.8) is 0 Å². The lowest BCUT2D eigenvalue weighted by Crippen LogP contribution is -2.07. The van der Waals surface area contributed by atoms with Crippen LogP contribution < -0.4 is 4.74 Å². The van der Waals surface area contributed by atoms with E-state index in [0.29, 0.717) is 13.2 Å². The molecule has 96 valence electrons. The number of hydrogen-bond donors (Lipinski definition) is 1. The van der Waals surface area contributed by atoms with Crippen LogP contribution in [0.4, 0.5) is 0 Å². The fourth-order valence-electron chi connectivity index (χ4n) is 1.49. The molecule has 0 aliphatic carbocycles. The van der Waals surface area contributed by atoms with Crippen LogP contribution in [0.3, 0.4) is 0 Å². The van der Waals surface area contributed by atoms with E-state index in [1.165, 1.54) is 0 Å². The summed E-state index contributed by atoms with van der Waals surface area (Å²) in [7, 11) is 0. The first-order chi connectivity index (χ1) is 8.27. The second kappa shape index (κ2) is 8.09. The number of aliphatic hydroxyl groups is 1. The third-order valence-corrected chi connectivity index (χ3v) is 2.50. The van der Waals surface area contributed by atoms with Crippen LogP contribution in [0.25, 0.3) is 0 Å². The molecule has 0 spiro atoms. The van der Waals surface area contributed by atoms with Crippen LogP contribution >= 0.6 is 0 Å². The zero-order valence-corrected chi connectivity index (χ0v) is 10.7. The number of benzene rings is 1. The molecule has 0 radical (unpaired) electrons. The number of ether oxygens (including phenoxy) is 2. The third kappa shape index (κ3) is 5.20. The van der Waals surface area contributed by atoms with Crippen molar-refractivity contribution < 1.29 is 14.6 Å². The molecule has 1 atom stereocenters. The molecule has 0 heterocycles. The summed E-state index contributed by atoms with van der Waals surface area (Å²) in [6.45, 7) is 6.01. The summed E-state index contributed by atoms with van der Waals surface area (Å²) in [5.41, 5.74) is 0.932. The molecule has 1 aromatic rings. The first-order valence-corrected chi connectivity index (χ1v) is 6.26. The molecule has 17 heavy (non-hydrogen) atoms. The van der Waals surface area contributed by atoms with E-state index in [2.05, 4.69) is 6.92 Å². The standard InChI is InChI=1S/C14H22O3/c1-3-9-16-10-11-17-13-7-5-12(6-8-13)14(15)4-2/h5-8,14-15H,3-4,9-11H2,1-2H3. The fourth-order valence-corrected chi connectivity index (χ4v) is 1.49. The van der Waals surface area contributed by atoms with Gasteiger partial charge in [0.05, 0.1) is 12.7 Å². The predicted molar refractivity (Wildman–Crippen MR) is 68.3 cm³/mol. The van der Waals surface area contributed by atoms with E-state index in [4.69, 9.17) is 9.47 Å². The Morgan fingerprint density at radius 3 is 2.35 bits per heavy atom. The maximum atomic E-state index is 9.63. The average molecular weight is 238 g/mol. The summed E-state index contributed by atoms with van der Waals surface area (Å²) in [4.78, 5) is 0. The molecule has 1 aromatic carbocycles. The largest absolute Gasteiger partial charge is 0.491 e. The maximum Gasteiger partial charge on any atom is 0.119 e. The Kier molecular flexibility index (Phi) is 6.67. The molecule has 0 fully saturated rings. The Morgan fingerprint density at radius 1 is 1.06 bits per heavy atom. The van der Waals surface area contributed by atoms with Crippen molar-refractivity contribution in [1.82, 2.24) is 0 Å². The van der Waals surface area contributed by atoms with Gasteiger partial charge in [-0.3, -0.25) is 0 Å². The highest BCUT2D eigenvalue weighted by Gasteiger charge is 2.04. The normalized spacial score (nSPS) is 12.4. The van der Waals surface area contributed by atoms with Crippen LogP contribution in [0.2, 0.25) is 0 Å². The summed E-state index contributed by atoms with van der Waals surface area (Å²) in [6.07, 6.45) is 1.38. The Morgan fingerprint density at radius 2 is 1.76 bits per heavy atom. The van der Waals surface area contributed by atoms with Crippen molar-refractivity contribution in [3.05, 3.63) is 29.8 Å². The van der Waals surface area contributed by atoms with Crippen LogP contribution in [-0.2, 0) is 4.74 Å². The van der Waals surface area contributed by atoms with Crippen LogP contribution in [0, 0.1) is 0 Å². The van der Waals surface area contributed by atoms with Gasteiger partial charge in [-0.1, -0.05) is 26.0 Å². The van der Waals surface area contributed by atoms with Crippen molar-refractivity contribution in [1.29, 1.82) is 0 Å². The minimum absolute atomic E-state index is 0.378. The van der Waals surface area contributed by atoms with Crippen LogP contribution in [0.1, 0.15) is 38.4 Å². The van der Waals surface area contributed by atoms with Crippen molar-refractivity contribution in [3.8, 4) is 5.75 Å². The molecular weight excluding hydrogens is 216 g/mol. The molecule has 0 saturated carbocycles. The lowest BCUT2D eigenvalue weighted by molar-refractivity contribution is 0.101. The highest BCUT2D eigenvalue weighted by Crippen LogP contribution is 2.19. The van der Waals surface area contributed by atoms with Crippen molar-refractivity contribution in [2.75, 3.05) is 19.8 Å². The van der Waals surface area contributed by atoms with Gasteiger partial charge < -0.3 is 14.6 Å². The molecule has 0 bridgehead atoms. The highest BCUT2D eigenvalue weighted by molar-refractivity contribution is 5.28. The highest BCUT2D eigenvalue weighted by atomic mass is 16.5. The summed E-state index contributed by atoms with van der Waals surface area (Å²) in [6, 6.07) is 7.56.